The molecule has 1 saturated heterocycles. The molecule has 2 unspecified atom stereocenters. The second-order valence-corrected chi connectivity index (χ2v) is 6.55. The Morgan fingerprint density at radius 2 is 2.14 bits per heavy atom. The third-order valence-corrected chi connectivity index (χ3v) is 5.31. The Kier molecular flexibility index (Phi) is 3.23. The van der Waals surface area contributed by atoms with Crippen molar-refractivity contribution in [1.82, 2.24) is 19.9 Å². The summed E-state index contributed by atoms with van der Waals surface area (Å²) in [7, 11) is 2.15. The number of rotatable bonds is 3. The molecule has 114 valence electrons. The fourth-order valence-electron chi connectivity index (χ4n) is 4.22. The topological polar surface area (TPSA) is 71.8 Å². The molecule has 0 aromatic carbocycles. The summed E-state index contributed by atoms with van der Waals surface area (Å²) < 4.78 is 0. The van der Waals surface area contributed by atoms with Gasteiger partial charge < -0.3 is 9.88 Å². The molecule has 1 aliphatic heterocycles. The van der Waals surface area contributed by atoms with Crippen molar-refractivity contribution in [2.24, 2.45) is 11.8 Å². The summed E-state index contributed by atoms with van der Waals surface area (Å²) in [6.45, 7) is 2.72. The van der Waals surface area contributed by atoms with Crippen molar-refractivity contribution in [1.29, 1.82) is 5.26 Å². The summed E-state index contributed by atoms with van der Waals surface area (Å²) in [5.41, 5.74) is 0.898. The molecule has 2 aromatic heterocycles. The summed E-state index contributed by atoms with van der Waals surface area (Å²) in [5, 5.41) is 9.93. The molecule has 6 nitrogen and oxygen atoms in total. The largest absolute Gasteiger partial charge is 0.356 e. The highest BCUT2D eigenvalue weighted by atomic mass is 15.2. The summed E-state index contributed by atoms with van der Waals surface area (Å²) in [4.78, 5) is 16.5. The SMILES string of the molecule is CN(c1ncnc2[nH]ccc12)C1CC2CN(CC#N)CC2C1. The van der Waals surface area contributed by atoms with Crippen molar-refractivity contribution >= 4 is 16.9 Å². The molecule has 1 aliphatic carbocycles. The first-order valence-electron chi connectivity index (χ1n) is 7.86. The average Bonchev–Trinajstić information content (AvgIpc) is 3.19. The number of nitrogens with one attached hydrogen (secondary N) is 1. The van der Waals surface area contributed by atoms with Crippen molar-refractivity contribution in [2.75, 3.05) is 31.6 Å². The van der Waals surface area contributed by atoms with Gasteiger partial charge in [-0.2, -0.15) is 5.26 Å². The lowest BCUT2D eigenvalue weighted by molar-refractivity contribution is 0.340. The third kappa shape index (κ3) is 2.13. The summed E-state index contributed by atoms with van der Waals surface area (Å²) in [5.74, 6) is 2.47. The van der Waals surface area contributed by atoms with Crippen LogP contribution in [0.25, 0.3) is 11.0 Å². The van der Waals surface area contributed by atoms with Gasteiger partial charge in [0.15, 0.2) is 0 Å². The standard InChI is InChI=1S/C16H20N6/c1-21(16-14-2-4-18-15(14)19-10-20-16)13-6-11-8-22(5-3-17)9-12(11)7-13/h2,4,10-13H,5-9H2,1H3,(H,18,19,20). The van der Waals surface area contributed by atoms with E-state index in [2.05, 4.69) is 37.9 Å². The molecule has 3 heterocycles. The van der Waals surface area contributed by atoms with Gasteiger partial charge in [-0.15, -0.1) is 0 Å². The highest BCUT2D eigenvalue weighted by molar-refractivity contribution is 5.87. The maximum Gasteiger partial charge on any atom is 0.142 e. The molecule has 1 saturated carbocycles. The van der Waals surface area contributed by atoms with Crippen LogP contribution in [-0.4, -0.2) is 52.6 Å². The number of aromatic amines is 1. The van der Waals surface area contributed by atoms with E-state index in [-0.39, 0.29) is 0 Å². The first-order valence-corrected chi connectivity index (χ1v) is 7.86. The summed E-state index contributed by atoms with van der Waals surface area (Å²) in [6.07, 6.45) is 5.94. The number of nitrogens with zero attached hydrogens (tertiary/aromatic N) is 5. The van der Waals surface area contributed by atoms with Gasteiger partial charge in [0.25, 0.3) is 0 Å². The minimum Gasteiger partial charge on any atom is -0.356 e. The van der Waals surface area contributed by atoms with Crippen LogP contribution < -0.4 is 4.90 Å². The van der Waals surface area contributed by atoms with Crippen LogP contribution in [0, 0.1) is 23.2 Å². The second-order valence-electron chi connectivity index (χ2n) is 6.55. The first kappa shape index (κ1) is 13.5. The van der Waals surface area contributed by atoms with E-state index in [0.29, 0.717) is 12.6 Å². The number of aromatic nitrogens is 3. The molecule has 2 atom stereocenters. The van der Waals surface area contributed by atoms with Gasteiger partial charge in [-0.1, -0.05) is 0 Å². The number of hydrogen-bond donors (Lipinski definition) is 1. The molecule has 2 aliphatic rings. The first-order chi connectivity index (χ1) is 10.8. The van der Waals surface area contributed by atoms with Crippen LogP contribution in [0.2, 0.25) is 0 Å². The van der Waals surface area contributed by atoms with E-state index in [1.807, 2.05) is 12.3 Å². The van der Waals surface area contributed by atoms with Crippen molar-refractivity contribution in [3.8, 4) is 6.07 Å². The predicted octanol–water partition coefficient (Wildman–Crippen LogP) is 1.63. The van der Waals surface area contributed by atoms with Gasteiger partial charge in [0.05, 0.1) is 18.0 Å². The van der Waals surface area contributed by atoms with Crippen LogP contribution in [0.5, 0.6) is 0 Å². The normalized spacial score (nSPS) is 27.9. The summed E-state index contributed by atoms with van der Waals surface area (Å²) in [6, 6.07) is 4.85. The van der Waals surface area contributed by atoms with E-state index >= 15 is 0 Å². The smallest absolute Gasteiger partial charge is 0.142 e. The molecule has 0 radical (unpaired) electrons. The molecule has 22 heavy (non-hydrogen) atoms. The minimum atomic E-state index is 0.534. The fourth-order valence-corrected chi connectivity index (χ4v) is 4.22. The van der Waals surface area contributed by atoms with Gasteiger partial charge in [-0.05, 0) is 30.7 Å². The van der Waals surface area contributed by atoms with Crippen LogP contribution in [0.3, 0.4) is 0 Å². The third-order valence-electron chi connectivity index (χ3n) is 5.31. The molecular formula is C16H20N6. The molecule has 4 rings (SSSR count). The van der Waals surface area contributed by atoms with E-state index in [1.54, 1.807) is 6.33 Å². The van der Waals surface area contributed by atoms with E-state index in [0.717, 1.165) is 41.8 Å². The van der Waals surface area contributed by atoms with E-state index in [4.69, 9.17) is 5.26 Å². The second kappa shape index (κ2) is 5.25. The lowest BCUT2D eigenvalue weighted by atomic mass is 10.0. The maximum absolute atomic E-state index is 8.84. The lowest BCUT2D eigenvalue weighted by Gasteiger charge is -2.27. The molecule has 0 amide bonds. The van der Waals surface area contributed by atoms with Gasteiger partial charge in [-0.3, -0.25) is 4.90 Å². The molecule has 1 N–H and O–H groups in total. The number of fused-ring (bicyclic) bond motifs is 2. The highest BCUT2D eigenvalue weighted by Crippen LogP contribution is 2.41. The van der Waals surface area contributed by atoms with Gasteiger partial charge in [0.1, 0.15) is 17.8 Å². The fraction of sp³-hybridized carbons (Fsp3) is 0.562. The van der Waals surface area contributed by atoms with Gasteiger partial charge in [0.2, 0.25) is 0 Å². The molecule has 2 fully saturated rings. The Hall–Kier alpha value is -2.13. The van der Waals surface area contributed by atoms with Crippen LogP contribution in [0.1, 0.15) is 12.8 Å². The van der Waals surface area contributed by atoms with E-state index < -0.39 is 0 Å². The number of likely N-dealkylation sites (tertiary alicyclic amines) is 1. The highest BCUT2D eigenvalue weighted by Gasteiger charge is 2.42. The molecule has 6 heteroatoms. The van der Waals surface area contributed by atoms with Crippen molar-refractivity contribution in [3.05, 3.63) is 18.6 Å². The van der Waals surface area contributed by atoms with Gasteiger partial charge in [-0.25, -0.2) is 9.97 Å². The monoisotopic (exact) mass is 296 g/mol. The van der Waals surface area contributed by atoms with Gasteiger partial charge >= 0.3 is 0 Å². The van der Waals surface area contributed by atoms with Gasteiger partial charge in [0, 0.05) is 32.4 Å². The van der Waals surface area contributed by atoms with E-state index in [1.165, 1.54) is 12.8 Å². The lowest BCUT2D eigenvalue weighted by Crippen LogP contribution is -2.32. The quantitative estimate of drug-likeness (QED) is 0.872. The Labute approximate surface area is 129 Å². The Morgan fingerprint density at radius 1 is 1.36 bits per heavy atom. The Morgan fingerprint density at radius 3 is 2.86 bits per heavy atom. The van der Waals surface area contributed by atoms with E-state index in [9.17, 15) is 0 Å². The van der Waals surface area contributed by atoms with Crippen LogP contribution in [-0.2, 0) is 0 Å². The van der Waals surface area contributed by atoms with Crippen LogP contribution in [0.4, 0.5) is 5.82 Å². The summed E-state index contributed by atoms with van der Waals surface area (Å²) >= 11 is 0. The maximum atomic E-state index is 8.84. The number of nitriles is 1. The number of H-pyrrole nitrogens is 1. The zero-order valence-corrected chi connectivity index (χ0v) is 12.7. The van der Waals surface area contributed by atoms with Crippen molar-refractivity contribution in [3.63, 3.8) is 0 Å². The number of anilines is 1. The molecular weight excluding hydrogens is 276 g/mol. The van der Waals surface area contributed by atoms with Crippen molar-refractivity contribution in [2.45, 2.75) is 18.9 Å². The Balaban J connectivity index is 1.51. The average molecular weight is 296 g/mol. The molecule has 0 spiro atoms. The van der Waals surface area contributed by atoms with Crippen LogP contribution in [0.15, 0.2) is 18.6 Å². The molecule has 2 aromatic rings. The minimum absolute atomic E-state index is 0.534. The zero-order chi connectivity index (χ0) is 15.1. The zero-order valence-electron chi connectivity index (χ0n) is 12.7. The van der Waals surface area contributed by atoms with Crippen LogP contribution >= 0.6 is 0 Å². The van der Waals surface area contributed by atoms with Crippen molar-refractivity contribution < 1.29 is 0 Å². The Bertz CT molecular complexity index is 703. The number of hydrogen-bond acceptors (Lipinski definition) is 5. The molecule has 0 bridgehead atoms. The predicted molar refractivity (Wildman–Crippen MR) is 84.3 cm³/mol.